The second-order valence-electron chi connectivity index (χ2n) is 2.22. The molecule has 0 heterocycles. The molecule has 1 rings (SSSR count). The third-order valence-corrected chi connectivity index (χ3v) is 1.88. The van der Waals surface area contributed by atoms with Crippen molar-refractivity contribution in [3.63, 3.8) is 0 Å². The van der Waals surface area contributed by atoms with E-state index in [0.29, 0.717) is 0 Å². The molecule has 1 aromatic carbocycles. The molecule has 0 aromatic heterocycles. The Kier molecular flexibility index (Phi) is 2.64. The summed E-state index contributed by atoms with van der Waals surface area (Å²) in [6, 6.07) is 3.03. The van der Waals surface area contributed by atoms with Gasteiger partial charge in [0, 0.05) is 17.1 Å². The van der Waals surface area contributed by atoms with Crippen LogP contribution in [0, 0.1) is 0 Å². The van der Waals surface area contributed by atoms with Crippen LogP contribution in [0.1, 0.15) is 10.4 Å². The van der Waals surface area contributed by atoms with Gasteiger partial charge < -0.3 is 14.8 Å². The van der Waals surface area contributed by atoms with Crippen LogP contribution in [-0.2, 0) is 11.1 Å². The van der Waals surface area contributed by atoms with Gasteiger partial charge in [-0.3, -0.25) is 9.00 Å². The molecule has 0 radical (unpaired) electrons. The first kappa shape index (κ1) is 9.69. The Labute approximate surface area is 75.9 Å². The van der Waals surface area contributed by atoms with Gasteiger partial charge in [0.1, 0.15) is 11.5 Å². The van der Waals surface area contributed by atoms with Crippen molar-refractivity contribution in [2.45, 2.75) is 0 Å². The van der Waals surface area contributed by atoms with Crippen LogP contribution in [0.4, 0.5) is 0 Å². The van der Waals surface area contributed by atoms with Crippen LogP contribution in [0.25, 0.3) is 0 Å². The summed E-state index contributed by atoms with van der Waals surface area (Å²) in [5.74, 6) is -0.806. The Balaban J connectivity index is 3.16. The molecule has 13 heavy (non-hydrogen) atoms. The number of rotatable bonds is 1. The topological polar surface area (TPSA) is 97.7 Å². The zero-order chi connectivity index (χ0) is 10.0. The summed E-state index contributed by atoms with van der Waals surface area (Å²) >= 11 is -2.91. The predicted octanol–water partition coefficient (Wildman–Crippen LogP) is 0.117. The molecule has 0 amide bonds. The molecule has 5 nitrogen and oxygen atoms in total. The largest absolute Gasteiger partial charge is 0.766 e. The molecule has 0 spiro atoms. The fraction of sp³-hybridized carbons (Fsp3) is 0. The van der Waals surface area contributed by atoms with Crippen molar-refractivity contribution < 1.29 is 23.8 Å². The number of hydrogen-bond acceptors (Lipinski definition) is 5. The molecule has 0 saturated heterocycles. The van der Waals surface area contributed by atoms with E-state index in [1.165, 1.54) is 0 Å². The zero-order valence-corrected chi connectivity index (χ0v) is 7.08. The van der Waals surface area contributed by atoms with E-state index in [4.69, 9.17) is 10.2 Å². The van der Waals surface area contributed by atoms with Gasteiger partial charge in [0.15, 0.2) is 0 Å². The number of phenolic OH excluding ortho intramolecular Hbond substituents is 2. The summed E-state index contributed by atoms with van der Waals surface area (Å²) in [6.07, 6.45) is 0. The second kappa shape index (κ2) is 3.55. The Morgan fingerprint density at radius 1 is 1.38 bits per heavy atom. The highest BCUT2D eigenvalue weighted by Gasteiger charge is 2.11. The SMILES string of the molecule is O=C(c1ccc(O)cc1O)S(=O)[O-]. The maximum Gasteiger partial charge on any atom is 0.239 e. The monoisotopic (exact) mass is 201 g/mol. The molecule has 0 aliphatic heterocycles. The van der Waals surface area contributed by atoms with E-state index in [-0.39, 0.29) is 11.3 Å². The van der Waals surface area contributed by atoms with E-state index >= 15 is 0 Å². The van der Waals surface area contributed by atoms with Crippen LogP contribution in [0.3, 0.4) is 0 Å². The molecule has 0 aliphatic rings. The van der Waals surface area contributed by atoms with Gasteiger partial charge in [0.25, 0.3) is 0 Å². The standard InChI is InChI=1S/C7H6O5S/c8-4-1-2-5(6(9)3-4)7(10)13(11)12/h1-3,8-9H,(H,11,12)/p-1. The number of carbonyl (C=O) groups is 1. The minimum Gasteiger partial charge on any atom is -0.766 e. The molecule has 0 saturated carbocycles. The molecular formula is C7H5O5S-. The van der Waals surface area contributed by atoms with Crippen molar-refractivity contribution >= 4 is 16.2 Å². The lowest BCUT2D eigenvalue weighted by atomic mass is 10.2. The molecule has 2 N–H and O–H groups in total. The van der Waals surface area contributed by atoms with Gasteiger partial charge in [-0.05, 0) is 12.1 Å². The van der Waals surface area contributed by atoms with Crippen molar-refractivity contribution in [1.29, 1.82) is 0 Å². The molecular weight excluding hydrogens is 196 g/mol. The van der Waals surface area contributed by atoms with Crippen molar-refractivity contribution in [2.75, 3.05) is 0 Å². The Hall–Kier alpha value is -1.40. The Morgan fingerprint density at radius 3 is 2.46 bits per heavy atom. The van der Waals surface area contributed by atoms with Gasteiger partial charge in [-0.2, -0.15) is 0 Å². The van der Waals surface area contributed by atoms with E-state index in [2.05, 4.69) is 0 Å². The third kappa shape index (κ3) is 2.04. The smallest absolute Gasteiger partial charge is 0.239 e. The number of carbonyl (C=O) groups excluding carboxylic acids is 1. The maximum atomic E-state index is 10.8. The van der Waals surface area contributed by atoms with Crippen LogP contribution in [0.2, 0.25) is 0 Å². The van der Waals surface area contributed by atoms with Crippen molar-refractivity contribution in [3.05, 3.63) is 23.8 Å². The average Bonchev–Trinajstić information content (AvgIpc) is 2.03. The van der Waals surface area contributed by atoms with Crippen LogP contribution in [0.5, 0.6) is 11.5 Å². The van der Waals surface area contributed by atoms with Crippen LogP contribution in [-0.4, -0.2) is 24.1 Å². The highest BCUT2D eigenvalue weighted by molar-refractivity contribution is 7.95. The van der Waals surface area contributed by atoms with E-state index in [1.54, 1.807) is 0 Å². The summed E-state index contributed by atoms with van der Waals surface area (Å²) in [6.45, 7) is 0. The van der Waals surface area contributed by atoms with Gasteiger partial charge >= 0.3 is 0 Å². The quantitative estimate of drug-likeness (QED) is 0.629. The molecule has 0 bridgehead atoms. The molecule has 70 valence electrons. The molecule has 6 heteroatoms. The summed E-state index contributed by atoms with van der Waals surface area (Å²) in [5.41, 5.74) is -0.355. The minimum atomic E-state index is -2.91. The van der Waals surface area contributed by atoms with Gasteiger partial charge in [0.05, 0.1) is 5.56 Å². The Morgan fingerprint density at radius 2 is 2.00 bits per heavy atom. The first-order valence-corrected chi connectivity index (χ1v) is 4.25. The fourth-order valence-electron chi connectivity index (χ4n) is 0.782. The zero-order valence-electron chi connectivity index (χ0n) is 6.26. The van der Waals surface area contributed by atoms with E-state index < -0.39 is 21.9 Å². The lowest BCUT2D eigenvalue weighted by Gasteiger charge is -2.05. The van der Waals surface area contributed by atoms with Gasteiger partial charge in [-0.15, -0.1) is 0 Å². The summed E-state index contributed by atoms with van der Waals surface area (Å²) in [7, 11) is 0. The Bertz CT molecular complexity index is 373. The minimum absolute atomic E-state index is 0.245. The highest BCUT2D eigenvalue weighted by Crippen LogP contribution is 2.23. The van der Waals surface area contributed by atoms with Crippen LogP contribution >= 0.6 is 0 Å². The number of hydrogen-bond donors (Lipinski definition) is 2. The van der Waals surface area contributed by atoms with E-state index in [1.807, 2.05) is 0 Å². The molecule has 1 aromatic rings. The molecule has 0 aliphatic carbocycles. The van der Waals surface area contributed by atoms with E-state index in [0.717, 1.165) is 18.2 Å². The average molecular weight is 201 g/mol. The first-order chi connectivity index (χ1) is 6.02. The molecule has 0 fully saturated rings. The lowest BCUT2D eigenvalue weighted by Crippen LogP contribution is -2.06. The van der Waals surface area contributed by atoms with Crippen molar-refractivity contribution in [1.82, 2.24) is 0 Å². The molecule has 1 atom stereocenters. The number of phenols is 2. The van der Waals surface area contributed by atoms with Gasteiger partial charge in [0.2, 0.25) is 5.12 Å². The van der Waals surface area contributed by atoms with Gasteiger partial charge in [-0.25, -0.2) is 0 Å². The van der Waals surface area contributed by atoms with Crippen molar-refractivity contribution in [2.24, 2.45) is 0 Å². The maximum absolute atomic E-state index is 10.8. The normalized spacial score (nSPS) is 12.4. The molecule has 1 unspecified atom stereocenters. The van der Waals surface area contributed by atoms with Crippen LogP contribution < -0.4 is 0 Å². The third-order valence-electron chi connectivity index (χ3n) is 1.35. The number of benzene rings is 1. The summed E-state index contributed by atoms with van der Waals surface area (Å²) in [5, 5.41) is 16.7. The van der Waals surface area contributed by atoms with Crippen LogP contribution in [0.15, 0.2) is 18.2 Å². The lowest BCUT2D eigenvalue weighted by molar-refractivity contribution is 0.107. The number of aromatic hydroxyl groups is 2. The highest BCUT2D eigenvalue weighted by atomic mass is 32.2. The van der Waals surface area contributed by atoms with Gasteiger partial charge in [-0.1, -0.05) is 0 Å². The first-order valence-electron chi connectivity index (χ1n) is 3.18. The predicted molar refractivity (Wildman–Crippen MR) is 43.0 cm³/mol. The van der Waals surface area contributed by atoms with Crippen molar-refractivity contribution in [3.8, 4) is 11.5 Å². The van der Waals surface area contributed by atoms with E-state index in [9.17, 15) is 13.6 Å². The summed E-state index contributed by atoms with van der Waals surface area (Å²) in [4.78, 5) is 10.8. The second-order valence-corrected chi connectivity index (χ2v) is 3.06. The fourth-order valence-corrected chi connectivity index (χ4v) is 1.13. The summed E-state index contributed by atoms with van der Waals surface area (Å²) < 4.78 is 20.4.